The van der Waals surface area contributed by atoms with E-state index in [1.165, 1.54) is 11.2 Å². The van der Waals surface area contributed by atoms with Gasteiger partial charge in [0.2, 0.25) is 5.95 Å². The first-order valence-electron chi connectivity index (χ1n) is 7.29. The number of thioether (sulfide) groups is 1. The summed E-state index contributed by atoms with van der Waals surface area (Å²) >= 11 is 7.79. The average molecular weight is 375 g/mol. The first kappa shape index (κ1) is 18.9. The van der Waals surface area contributed by atoms with Crippen LogP contribution < -0.4 is 22.3 Å². The van der Waals surface area contributed by atoms with Gasteiger partial charge in [0.1, 0.15) is 5.02 Å². The van der Waals surface area contributed by atoms with Crippen molar-refractivity contribution in [2.24, 2.45) is 11.6 Å². The second-order valence-electron chi connectivity index (χ2n) is 4.93. The van der Waals surface area contributed by atoms with Crippen LogP contribution in [-0.2, 0) is 0 Å². The van der Waals surface area contributed by atoms with Crippen molar-refractivity contribution in [1.82, 2.24) is 9.97 Å². The number of nitrogens with two attached hydrogens (primary N) is 3. The number of nitrogen functional groups attached to an aromatic ring is 1. The number of benzene rings is 1. The van der Waals surface area contributed by atoms with Crippen molar-refractivity contribution >= 4 is 40.8 Å². The predicted octanol–water partition coefficient (Wildman–Crippen LogP) is 3.67. The van der Waals surface area contributed by atoms with Gasteiger partial charge in [-0.1, -0.05) is 36.0 Å². The highest BCUT2D eigenvalue weighted by Gasteiger charge is 2.15. The summed E-state index contributed by atoms with van der Waals surface area (Å²) < 4.78 is 0. The van der Waals surface area contributed by atoms with E-state index in [1.54, 1.807) is 24.8 Å². The van der Waals surface area contributed by atoms with Crippen LogP contribution in [0, 0.1) is 6.92 Å². The van der Waals surface area contributed by atoms with Gasteiger partial charge >= 0.3 is 0 Å². The average Bonchev–Trinajstić information content (AvgIpc) is 2.58. The number of aromatic nitrogens is 2. The van der Waals surface area contributed by atoms with Gasteiger partial charge in [-0.05, 0) is 49.5 Å². The Morgan fingerprint density at radius 2 is 1.96 bits per heavy atom. The minimum absolute atomic E-state index is 0.118. The Morgan fingerprint density at radius 3 is 2.56 bits per heavy atom. The molecule has 1 heterocycles. The Morgan fingerprint density at radius 1 is 1.28 bits per heavy atom. The monoisotopic (exact) mass is 374 g/mol. The molecule has 0 amide bonds. The first-order chi connectivity index (χ1) is 12.0. The second kappa shape index (κ2) is 8.57. The molecule has 6 nitrogen and oxygen atoms in total. The van der Waals surface area contributed by atoms with Crippen molar-refractivity contribution in [2.45, 2.75) is 11.8 Å². The Hall–Kier alpha value is -2.48. The van der Waals surface area contributed by atoms with Crippen LogP contribution in [0.25, 0.3) is 0 Å². The lowest BCUT2D eigenvalue weighted by Gasteiger charge is -2.20. The zero-order valence-electron chi connectivity index (χ0n) is 13.7. The van der Waals surface area contributed by atoms with Gasteiger partial charge in [-0.15, -0.1) is 0 Å². The lowest BCUT2D eigenvalue weighted by Crippen LogP contribution is -2.27. The number of allylic oxidation sites excluding steroid dienone is 3. The quantitative estimate of drug-likeness (QED) is 0.306. The SMILES string of the molecule is C=C/C=C(\C=C/N)Sc1ccc(N(N)c2nc(N)nc(C)c2Cl)cc1. The summed E-state index contributed by atoms with van der Waals surface area (Å²) in [4.78, 5) is 10.1. The highest BCUT2D eigenvalue weighted by Crippen LogP contribution is 2.32. The molecule has 0 bridgehead atoms. The number of halogens is 1. The number of hydrogen-bond acceptors (Lipinski definition) is 7. The third kappa shape index (κ3) is 4.76. The van der Waals surface area contributed by atoms with Crippen LogP contribution in [0.2, 0.25) is 5.02 Å². The van der Waals surface area contributed by atoms with Gasteiger partial charge in [0, 0.05) is 9.80 Å². The Labute approximate surface area is 156 Å². The molecule has 0 aliphatic carbocycles. The molecular weight excluding hydrogens is 356 g/mol. The molecule has 0 aliphatic heterocycles. The van der Waals surface area contributed by atoms with Crippen LogP contribution in [0.3, 0.4) is 0 Å². The minimum Gasteiger partial charge on any atom is -0.405 e. The van der Waals surface area contributed by atoms with Gasteiger partial charge < -0.3 is 11.5 Å². The molecule has 0 fully saturated rings. The molecule has 0 atom stereocenters. The van der Waals surface area contributed by atoms with Crippen LogP contribution in [0.5, 0.6) is 0 Å². The lowest BCUT2D eigenvalue weighted by atomic mass is 10.3. The largest absolute Gasteiger partial charge is 0.405 e. The van der Waals surface area contributed by atoms with E-state index in [1.807, 2.05) is 36.4 Å². The molecule has 2 aromatic rings. The molecule has 0 aliphatic rings. The van der Waals surface area contributed by atoms with E-state index >= 15 is 0 Å². The third-order valence-corrected chi connectivity index (χ3v) is 4.60. The summed E-state index contributed by atoms with van der Waals surface area (Å²) in [5, 5.41) is 1.74. The van der Waals surface area contributed by atoms with E-state index in [-0.39, 0.29) is 5.95 Å². The number of hydrazine groups is 1. The molecule has 0 saturated heterocycles. The van der Waals surface area contributed by atoms with Gasteiger partial charge in [-0.2, -0.15) is 4.98 Å². The van der Waals surface area contributed by atoms with E-state index in [0.717, 1.165) is 9.80 Å². The smallest absolute Gasteiger partial charge is 0.222 e. The summed E-state index contributed by atoms with van der Waals surface area (Å²) in [6, 6.07) is 7.60. The molecule has 1 aromatic carbocycles. The van der Waals surface area contributed by atoms with Gasteiger partial charge in [0.05, 0.1) is 11.4 Å². The Bertz CT molecular complexity index is 817. The van der Waals surface area contributed by atoms with Crippen LogP contribution >= 0.6 is 23.4 Å². The normalized spacial score (nSPS) is 11.7. The van der Waals surface area contributed by atoms with Crippen molar-refractivity contribution in [1.29, 1.82) is 0 Å². The van der Waals surface area contributed by atoms with Crippen LogP contribution in [0.4, 0.5) is 17.5 Å². The fourth-order valence-corrected chi connectivity index (χ4v) is 3.02. The molecule has 0 unspecified atom stereocenters. The molecule has 25 heavy (non-hydrogen) atoms. The minimum atomic E-state index is 0.118. The number of rotatable bonds is 6. The van der Waals surface area contributed by atoms with Crippen LogP contribution in [0.1, 0.15) is 5.69 Å². The van der Waals surface area contributed by atoms with E-state index in [4.69, 9.17) is 28.9 Å². The van der Waals surface area contributed by atoms with Crippen molar-refractivity contribution < 1.29 is 0 Å². The second-order valence-corrected chi connectivity index (χ2v) is 6.46. The first-order valence-corrected chi connectivity index (χ1v) is 8.49. The molecular formula is C17H19ClN6S. The third-order valence-electron chi connectivity index (χ3n) is 3.14. The Kier molecular flexibility index (Phi) is 6.46. The molecule has 0 saturated carbocycles. The van der Waals surface area contributed by atoms with E-state index in [9.17, 15) is 0 Å². The summed E-state index contributed by atoms with van der Waals surface area (Å²) in [7, 11) is 0. The number of aryl methyl sites for hydroxylation is 1. The summed E-state index contributed by atoms with van der Waals surface area (Å²) in [6.07, 6.45) is 6.88. The highest BCUT2D eigenvalue weighted by molar-refractivity contribution is 8.03. The fourth-order valence-electron chi connectivity index (χ4n) is 1.99. The van der Waals surface area contributed by atoms with Gasteiger partial charge in [-0.3, -0.25) is 5.01 Å². The maximum atomic E-state index is 6.24. The van der Waals surface area contributed by atoms with Gasteiger partial charge in [-0.25, -0.2) is 10.8 Å². The number of nitrogens with zero attached hydrogens (tertiary/aromatic N) is 3. The standard InChI is InChI=1S/C17H19ClN6S/c1-3-4-13(9-10-19)25-14-7-5-12(6-8-14)24(21)16-15(18)11(2)22-17(20)23-16/h3-10H,1,19,21H2,2H3,(H2,20,22,23)/b10-9-,13-4+. The van der Waals surface area contributed by atoms with Crippen molar-refractivity contribution in [3.05, 3.63) is 70.9 Å². The molecule has 0 radical (unpaired) electrons. The lowest BCUT2D eigenvalue weighted by molar-refractivity contribution is 1.00. The van der Waals surface area contributed by atoms with Crippen molar-refractivity contribution in [2.75, 3.05) is 10.7 Å². The van der Waals surface area contributed by atoms with Crippen molar-refractivity contribution in [3.8, 4) is 0 Å². The van der Waals surface area contributed by atoms with E-state index in [0.29, 0.717) is 22.2 Å². The number of anilines is 3. The topological polar surface area (TPSA) is 107 Å². The molecule has 6 N–H and O–H groups in total. The van der Waals surface area contributed by atoms with Gasteiger partial charge in [0.25, 0.3) is 0 Å². The predicted molar refractivity (Wildman–Crippen MR) is 106 cm³/mol. The maximum absolute atomic E-state index is 6.24. The summed E-state index contributed by atoms with van der Waals surface area (Å²) in [5.41, 5.74) is 12.4. The zero-order valence-corrected chi connectivity index (χ0v) is 15.3. The molecule has 8 heteroatoms. The molecule has 2 rings (SSSR count). The molecule has 0 spiro atoms. The van der Waals surface area contributed by atoms with Gasteiger partial charge in [0.15, 0.2) is 5.82 Å². The molecule has 1 aromatic heterocycles. The van der Waals surface area contributed by atoms with E-state index in [2.05, 4.69) is 16.5 Å². The zero-order chi connectivity index (χ0) is 18.4. The summed E-state index contributed by atoms with van der Waals surface area (Å²) in [6.45, 7) is 5.44. The van der Waals surface area contributed by atoms with Crippen LogP contribution in [-0.4, -0.2) is 9.97 Å². The summed E-state index contributed by atoms with van der Waals surface area (Å²) in [5.74, 6) is 6.62. The fraction of sp³-hybridized carbons (Fsp3) is 0.0588. The van der Waals surface area contributed by atoms with Crippen molar-refractivity contribution in [3.63, 3.8) is 0 Å². The number of hydrogen-bond donors (Lipinski definition) is 3. The maximum Gasteiger partial charge on any atom is 0.222 e. The van der Waals surface area contributed by atoms with Crippen LogP contribution in [0.15, 0.2) is 65.1 Å². The Balaban J connectivity index is 2.25. The molecule has 130 valence electrons. The highest BCUT2D eigenvalue weighted by atomic mass is 35.5. The van der Waals surface area contributed by atoms with E-state index < -0.39 is 0 Å².